The number of nitrogens with zero attached hydrogens (tertiary/aromatic N) is 1. The lowest BCUT2D eigenvalue weighted by atomic mass is 10.0. The molecule has 2 aromatic carbocycles. The van der Waals surface area contributed by atoms with Crippen molar-refractivity contribution in [1.29, 1.82) is 5.26 Å². The maximum Gasteiger partial charge on any atom is 0.165 e. The molecule has 3 heteroatoms. The Hall–Kier alpha value is -2.70. The monoisotopic (exact) mass is 317 g/mol. The van der Waals surface area contributed by atoms with Crippen LogP contribution in [0, 0.1) is 18.3 Å². The summed E-state index contributed by atoms with van der Waals surface area (Å²) in [4.78, 5) is 1.12. The Kier molecular flexibility index (Phi) is 4.65. The second kappa shape index (κ2) is 7.04. The minimum absolute atomic E-state index is 0.593. The molecule has 1 aromatic heterocycles. The SMILES string of the molecule is Cc1ccc(/C(C#N)=C\c2ccc(Sc3ccccc3)o2)cc1. The molecular weight excluding hydrogens is 302 g/mol. The topological polar surface area (TPSA) is 36.9 Å². The van der Waals surface area contributed by atoms with Crippen LogP contribution in [0.4, 0.5) is 0 Å². The van der Waals surface area contributed by atoms with E-state index < -0.39 is 0 Å². The average molecular weight is 317 g/mol. The minimum atomic E-state index is 0.593. The minimum Gasteiger partial charge on any atom is -0.450 e. The summed E-state index contributed by atoms with van der Waals surface area (Å²) in [6.07, 6.45) is 1.78. The highest BCUT2D eigenvalue weighted by Gasteiger charge is 2.05. The second-order valence-corrected chi connectivity index (χ2v) is 6.19. The lowest BCUT2D eigenvalue weighted by molar-refractivity contribution is 0.466. The Morgan fingerprint density at radius 1 is 1.00 bits per heavy atom. The number of benzene rings is 2. The molecule has 1 heterocycles. The first kappa shape index (κ1) is 15.2. The quantitative estimate of drug-likeness (QED) is 0.570. The molecule has 0 aliphatic carbocycles. The van der Waals surface area contributed by atoms with Crippen LogP contribution < -0.4 is 0 Å². The van der Waals surface area contributed by atoms with Gasteiger partial charge in [0.1, 0.15) is 5.76 Å². The van der Waals surface area contributed by atoms with Crippen LogP contribution in [0.1, 0.15) is 16.9 Å². The molecule has 0 aliphatic rings. The van der Waals surface area contributed by atoms with E-state index in [0.29, 0.717) is 11.3 Å². The Bertz CT molecular complexity index is 855. The van der Waals surface area contributed by atoms with Crippen molar-refractivity contribution in [3.63, 3.8) is 0 Å². The van der Waals surface area contributed by atoms with Gasteiger partial charge in [0, 0.05) is 4.90 Å². The van der Waals surface area contributed by atoms with E-state index in [-0.39, 0.29) is 0 Å². The molecular formula is C20H15NOS. The van der Waals surface area contributed by atoms with Gasteiger partial charge in [-0.1, -0.05) is 59.8 Å². The summed E-state index contributed by atoms with van der Waals surface area (Å²) in [6.45, 7) is 2.03. The predicted octanol–water partition coefficient (Wildman–Crippen LogP) is 5.80. The summed E-state index contributed by atoms with van der Waals surface area (Å²) < 4.78 is 5.80. The third-order valence-corrected chi connectivity index (χ3v) is 4.26. The highest BCUT2D eigenvalue weighted by Crippen LogP contribution is 2.30. The lowest BCUT2D eigenvalue weighted by Crippen LogP contribution is -1.81. The highest BCUT2D eigenvalue weighted by molar-refractivity contribution is 7.99. The molecule has 0 atom stereocenters. The van der Waals surface area contributed by atoms with Crippen molar-refractivity contribution in [1.82, 2.24) is 0 Å². The first-order valence-electron chi connectivity index (χ1n) is 7.26. The van der Waals surface area contributed by atoms with Crippen molar-refractivity contribution in [2.75, 3.05) is 0 Å². The Morgan fingerprint density at radius 3 is 2.43 bits per heavy atom. The van der Waals surface area contributed by atoms with Crippen molar-refractivity contribution < 1.29 is 4.42 Å². The zero-order chi connectivity index (χ0) is 16.1. The fraction of sp³-hybridized carbons (Fsp3) is 0.0500. The lowest BCUT2D eigenvalue weighted by Gasteiger charge is -1.99. The standard InChI is InChI=1S/C20H15NOS/c1-15-7-9-16(10-8-15)17(14-21)13-18-11-12-20(22-18)23-19-5-3-2-4-6-19/h2-13H,1H3/b17-13-. The van der Waals surface area contributed by atoms with Crippen LogP contribution in [-0.2, 0) is 0 Å². The summed E-state index contributed by atoms with van der Waals surface area (Å²) in [5.41, 5.74) is 2.66. The fourth-order valence-electron chi connectivity index (χ4n) is 2.13. The van der Waals surface area contributed by atoms with Gasteiger partial charge in [0.05, 0.1) is 11.6 Å². The van der Waals surface area contributed by atoms with E-state index in [4.69, 9.17) is 4.42 Å². The zero-order valence-corrected chi connectivity index (χ0v) is 13.5. The molecule has 0 fully saturated rings. The zero-order valence-electron chi connectivity index (χ0n) is 12.7. The fourth-order valence-corrected chi connectivity index (χ4v) is 2.93. The normalized spacial score (nSPS) is 11.2. The van der Waals surface area contributed by atoms with Crippen LogP contribution in [0.15, 0.2) is 81.1 Å². The van der Waals surface area contributed by atoms with Gasteiger partial charge >= 0.3 is 0 Å². The number of rotatable bonds is 4. The van der Waals surface area contributed by atoms with Gasteiger partial charge in [-0.15, -0.1) is 0 Å². The summed E-state index contributed by atoms with van der Waals surface area (Å²) in [5.74, 6) is 0.681. The molecule has 0 radical (unpaired) electrons. The van der Waals surface area contributed by atoms with E-state index in [0.717, 1.165) is 15.6 Å². The summed E-state index contributed by atoms with van der Waals surface area (Å²) in [5, 5.41) is 10.2. The largest absolute Gasteiger partial charge is 0.450 e. The van der Waals surface area contributed by atoms with Gasteiger partial charge in [0.2, 0.25) is 0 Å². The number of aryl methyl sites for hydroxylation is 1. The smallest absolute Gasteiger partial charge is 0.165 e. The molecule has 0 spiro atoms. The van der Waals surface area contributed by atoms with Crippen molar-refractivity contribution >= 4 is 23.4 Å². The summed E-state index contributed by atoms with van der Waals surface area (Å²) in [6, 6.07) is 24.0. The van der Waals surface area contributed by atoms with Crippen molar-refractivity contribution in [3.05, 3.63) is 83.6 Å². The molecule has 23 heavy (non-hydrogen) atoms. The van der Waals surface area contributed by atoms with Gasteiger partial charge in [-0.3, -0.25) is 0 Å². The summed E-state index contributed by atoms with van der Waals surface area (Å²) >= 11 is 1.56. The predicted molar refractivity (Wildman–Crippen MR) is 93.9 cm³/mol. The van der Waals surface area contributed by atoms with Gasteiger partial charge in [-0.05, 0) is 42.8 Å². The van der Waals surface area contributed by atoms with E-state index in [2.05, 4.69) is 6.07 Å². The van der Waals surface area contributed by atoms with E-state index in [1.54, 1.807) is 17.8 Å². The number of hydrogen-bond donors (Lipinski definition) is 0. The molecule has 0 N–H and O–H groups in total. The first-order chi connectivity index (χ1) is 11.2. The molecule has 0 unspecified atom stereocenters. The summed E-state index contributed by atoms with van der Waals surface area (Å²) in [7, 11) is 0. The number of allylic oxidation sites excluding steroid dienone is 1. The van der Waals surface area contributed by atoms with Crippen LogP contribution in [-0.4, -0.2) is 0 Å². The van der Waals surface area contributed by atoms with Crippen molar-refractivity contribution in [3.8, 4) is 6.07 Å². The molecule has 0 bridgehead atoms. The number of hydrogen-bond acceptors (Lipinski definition) is 3. The maximum atomic E-state index is 9.39. The van der Waals surface area contributed by atoms with Crippen molar-refractivity contribution in [2.24, 2.45) is 0 Å². The van der Waals surface area contributed by atoms with Crippen LogP contribution in [0.25, 0.3) is 11.6 Å². The number of furan rings is 1. The van der Waals surface area contributed by atoms with E-state index >= 15 is 0 Å². The molecule has 112 valence electrons. The Balaban J connectivity index is 1.81. The third-order valence-electron chi connectivity index (χ3n) is 3.33. The molecule has 0 saturated heterocycles. The number of nitriles is 1. The van der Waals surface area contributed by atoms with Gasteiger partial charge < -0.3 is 4.42 Å². The highest BCUT2D eigenvalue weighted by atomic mass is 32.2. The second-order valence-electron chi connectivity index (χ2n) is 5.11. The van der Waals surface area contributed by atoms with Gasteiger partial charge in [0.15, 0.2) is 5.09 Å². The van der Waals surface area contributed by atoms with E-state index in [1.807, 2.05) is 73.7 Å². The Labute approximate surface area is 140 Å². The first-order valence-corrected chi connectivity index (χ1v) is 8.08. The van der Waals surface area contributed by atoms with E-state index in [1.165, 1.54) is 5.56 Å². The van der Waals surface area contributed by atoms with Crippen molar-refractivity contribution in [2.45, 2.75) is 16.9 Å². The van der Waals surface area contributed by atoms with E-state index in [9.17, 15) is 5.26 Å². The average Bonchev–Trinajstić information content (AvgIpc) is 3.01. The Morgan fingerprint density at radius 2 is 1.74 bits per heavy atom. The van der Waals surface area contributed by atoms with Gasteiger partial charge in [0.25, 0.3) is 0 Å². The third kappa shape index (κ3) is 3.94. The van der Waals surface area contributed by atoms with Crippen LogP contribution in [0.5, 0.6) is 0 Å². The van der Waals surface area contributed by atoms with Crippen LogP contribution in [0.2, 0.25) is 0 Å². The molecule has 0 amide bonds. The molecule has 2 nitrogen and oxygen atoms in total. The van der Waals surface area contributed by atoms with Crippen LogP contribution >= 0.6 is 11.8 Å². The van der Waals surface area contributed by atoms with Gasteiger partial charge in [-0.2, -0.15) is 5.26 Å². The molecule has 3 rings (SSSR count). The maximum absolute atomic E-state index is 9.39. The molecule has 0 saturated carbocycles. The molecule has 0 aliphatic heterocycles. The van der Waals surface area contributed by atoms with Crippen LogP contribution in [0.3, 0.4) is 0 Å². The molecule has 3 aromatic rings. The van der Waals surface area contributed by atoms with Gasteiger partial charge in [-0.25, -0.2) is 0 Å².